The first kappa shape index (κ1) is 14.7. The van der Waals surface area contributed by atoms with Crippen LogP contribution in [0.15, 0.2) is 24.5 Å². The lowest BCUT2D eigenvalue weighted by Gasteiger charge is -2.19. The highest BCUT2D eigenvalue weighted by Gasteiger charge is 2.17. The van der Waals surface area contributed by atoms with Crippen LogP contribution >= 0.6 is 11.5 Å². The highest BCUT2D eigenvalue weighted by atomic mass is 32.1. The molecule has 0 bridgehead atoms. The summed E-state index contributed by atoms with van der Waals surface area (Å²) >= 11 is 1.41. The van der Waals surface area contributed by atoms with Crippen molar-refractivity contribution in [1.82, 2.24) is 9.36 Å². The van der Waals surface area contributed by atoms with E-state index in [1.165, 1.54) is 11.5 Å². The zero-order chi connectivity index (χ0) is 14.5. The van der Waals surface area contributed by atoms with Crippen LogP contribution in [0.2, 0.25) is 0 Å². The second kappa shape index (κ2) is 6.67. The number of ether oxygens (including phenoxy) is 1. The summed E-state index contributed by atoms with van der Waals surface area (Å²) in [6, 6.07) is 3.90. The minimum atomic E-state index is 0.243. The maximum Gasteiger partial charge on any atom is 0.147 e. The molecule has 0 amide bonds. The molecule has 20 heavy (non-hydrogen) atoms. The fourth-order valence-electron chi connectivity index (χ4n) is 1.86. The lowest BCUT2D eigenvalue weighted by molar-refractivity contribution is 0.0846. The first-order valence-corrected chi connectivity index (χ1v) is 7.35. The van der Waals surface area contributed by atoms with Gasteiger partial charge in [-0.3, -0.25) is 4.98 Å². The highest BCUT2D eigenvalue weighted by molar-refractivity contribution is 7.11. The highest BCUT2D eigenvalue weighted by Crippen LogP contribution is 2.38. The number of likely N-dealkylation sites (N-methyl/N-ethyl adjacent to an activating group) is 1. The Bertz CT molecular complexity index is 541. The Morgan fingerprint density at radius 2 is 2.25 bits per heavy atom. The number of hydrogen-bond acceptors (Lipinski definition) is 6. The average molecular weight is 292 g/mol. The number of rotatable bonds is 6. The average Bonchev–Trinajstić information content (AvgIpc) is 2.81. The molecular formula is C14H20N4OS. The van der Waals surface area contributed by atoms with Crippen LogP contribution in [0.5, 0.6) is 0 Å². The Hall–Kier alpha value is -1.66. The van der Waals surface area contributed by atoms with Crippen LogP contribution in [0.25, 0.3) is 11.1 Å². The predicted molar refractivity (Wildman–Crippen MR) is 84.1 cm³/mol. The summed E-state index contributed by atoms with van der Waals surface area (Å²) in [7, 11) is 2.02. The van der Waals surface area contributed by atoms with Crippen molar-refractivity contribution < 1.29 is 4.74 Å². The van der Waals surface area contributed by atoms with Crippen molar-refractivity contribution in [1.29, 1.82) is 0 Å². The maximum atomic E-state index is 6.00. The molecule has 0 aliphatic rings. The van der Waals surface area contributed by atoms with Crippen molar-refractivity contribution in [3.8, 4) is 11.1 Å². The van der Waals surface area contributed by atoms with Crippen molar-refractivity contribution in [3.05, 3.63) is 24.5 Å². The van der Waals surface area contributed by atoms with Gasteiger partial charge in [-0.1, -0.05) is 6.07 Å². The van der Waals surface area contributed by atoms with E-state index in [2.05, 4.69) is 14.3 Å². The van der Waals surface area contributed by atoms with Crippen LogP contribution in [0.3, 0.4) is 0 Å². The van der Waals surface area contributed by atoms with Gasteiger partial charge in [0.15, 0.2) is 0 Å². The van der Waals surface area contributed by atoms with Crippen molar-refractivity contribution >= 4 is 22.4 Å². The summed E-state index contributed by atoms with van der Waals surface area (Å²) in [5.41, 5.74) is 7.95. The SMILES string of the molecule is CC(C)OCCN(C)c1snc(N)c1-c1cccnc1. The van der Waals surface area contributed by atoms with E-state index in [1.54, 1.807) is 6.20 Å². The van der Waals surface area contributed by atoms with E-state index in [0.29, 0.717) is 12.4 Å². The molecular weight excluding hydrogens is 272 g/mol. The predicted octanol–water partition coefficient (Wildman–Crippen LogP) is 2.65. The van der Waals surface area contributed by atoms with Crippen molar-refractivity contribution in [2.24, 2.45) is 0 Å². The van der Waals surface area contributed by atoms with Crippen molar-refractivity contribution in [2.45, 2.75) is 20.0 Å². The Balaban J connectivity index is 2.17. The lowest BCUT2D eigenvalue weighted by atomic mass is 10.1. The van der Waals surface area contributed by atoms with Gasteiger partial charge >= 0.3 is 0 Å². The second-order valence-electron chi connectivity index (χ2n) is 4.83. The van der Waals surface area contributed by atoms with E-state index >= 15 is 0 Å². The van der Waals surface area contributed by atoms with Gasteiger partial charge in [-0.2, -0.15) is 4.37 Å². The summed E-state index contributed by atoms with van der Waals surface area (Å²) in [5, 5.41) is 1.04. The van der Waals surface area contributed by atoms with E-state index in [1.807, 2.05) is 39.2 Å². The summed E-state index contributed by atoms with van der Waals surface area (Å²) < 4.78 is 9.85. The lowest BCUT2D eigenvalue weighted by Crippen LogP contribution is -2.23. The molecule has 0 saturated heterocycles. The quantitative estimate of drug-likeness (QED) is 0.886. The standard InChI is InChI=1S/C14H20N4OS/c1-10(2)19-8-7-18(3)14-12(13(15)17-20-14)11-5-4-6-16-9-11/h4-6,9-10H,7-8H2,1-3H3,(H2,15,17). The van der Waals surface area contributed by atoms with E-state index < -0.39 is 0 Å². The van der Waals surface area contributed by atoms with E-state index in [4.69, 9.17) is 10.5 Å². The first-order valence-electron chi connectivity index (χ1n) is 6.58. The Labute approximate surface area is 123 Å². The third kappa shape index (κ3) is 3.46. The van der Waals surface area contributed by atoms with E-state index in [0.717, 1.165) is 22.7 Å². The van der Waals surface area contributed by atoms with Crippen LogP contribution in [-0.4, -0.2) is 35.7 Å². The first-order chi connectivity index (χ1) is 9.59. The van der Waals surface area contributed by atoms with Crippen LogP contribution in [0.1, 0.15) is 13.8 Å². The molecule has 5 nitrogen and oxygen atoms in total. The summed E-state index contributed by atoms with van der Waals surface area (Å²) in [6.07, 6.45) is 3.80. The number of nitrogens with zero attached hydrogens (tertiary/aromatic N) is 3. The Morgan fingerprint density at radius 1 is 1.45 bits per heavy atom. The molecule has 0 fully saturated rings. The molecule has 2 rings (SSSR count). The number of aromatic nitrogens is 2. The largest absolute Gasteiger partial charge is 0.382 e. The van der Waals surface area contributed by atoms with Gasteiger partial charge in [0.1, 0.15) is 10.8 Å². The van der Waals surface area contributed by atoms with Gasteiger partial charge in [0.25, 0.3) is 0 Å². The summed E-state index contributed by atoms with van der Waals surface area (Å²) in [5.74, 6) is 0.551. The monoisotopic (exact) mass is 292 g/mol. The van der Waals surface area contributed by atoms with Crippen molar-refractivity contribution in [3.63, 3.8) is 0 Å². The molecule has 2 heterocycles. The van der Waals surface area contributed by atoms with E-state index in [-0.39, 0.29) is 6.10 Å². The fraction of sp³-hybridized carbons (Fsp3) is 0.429. The number of pyridine rings is 1. The number of nitrogen functional groups attached to an aromatic ring is 1. The van der Waals surface area contributed by atoms with Crippen LogP contribution < -0.4 is 10.6 Å². The Kier molecular flexibility index (Phi) is 4.92. The van der Waals surface area contributed by atoms with Crippen LogP contribution in [-0.2, 0) is 4.74 Å². The number of anilines is 2. The minimum Gasteiger partial charge on any atom is -0.382 e. The van der Waals surface area contributed by atoms with Gasteiger partial charge in [-0.15, -0.1) is 0 Å². The molecule has 2 N–H and O–H groups in total. The molecule has 0 saturated carbocycles. The molecule has 108 valence electrons. The third-order valence-electron chi connectivity index (χ3n) is 2.88. The molecule has 2 aromatic rings. The molecule has 0 unspecified atom stereocenters. The molecule has 0 aliphatic heterocycles. The molecule has 0 spiro atoms. The minimum absolute atomic E-state index is 0.243. The zero-order valence-electron chi connectivity index (χ0n) is 12.0. The summed E-state index contributed by atoms with van der Waals surface area (Å²) in [6.45, 7) is 5.54. The molecule has 0 radical (unpaired) electrons. The Morgan fingerprint density at radius 3 is 2.90 bits per heavy atom. The number of hydrogen-bond donors (Lipinski definition) is 1. The fourth-order valence-corrected chi connectivity index (χ4v) is 2.68. The third-order valence-corrected chi connectivity index (χ3v) is 3.85. The maximum absolute atomic E-state index is 6.00. The normalized spacial score (nSPS) is 11.0. The molecule has 0 atom stereocenters. The van der Waals surface area contributed by atoms with Gasteiger partial charge < -0.3 is 15.4 Å². The van der Waals surface area contributed by atoms with Gasteiger partial charge in [0.05, 0.1) is 18.3 Å². The molecule has 2 aromatic heterocycles. The molecule has 6 heteroatoms. The molecule has 0 aliphatic carbocycles. The summed E-state index contributed by atoms with van der Waals surface area (Å²) in [4.78, 5) is 6.27. The van der Waals surface area contributed by atoms with Gasteiger partial charge in [-0.25, -0.2) is 0 Å². The van der Waals surface area contributed by atoms with Crippen LogP contribution in [0, 0.1) is 0 Å². The van der Waals surface area contributed by atoms with Crippen molar-refractivity contribution in [2.75, 3.05) is 30.8 Å². The molecule has 0 aromatic carbocycles. The zero-order valence-corrected chi connectivity index (χ0v) is 12.9. The second-order valence-corrected chi connectivity index (χ2v) is 5.58. The number of nitrogens with two attached hydrogens (primary N) is 1. The van der Waals surface area contributed by atoms with Gasteiger partial charge in [0.2, 0.25) is 0 Å². The van der Waals surface area contributed by atoms with E-state index in [9.17, 15) is 0 Å². The van der Waals surface area contributed by atoms with Crippen LogP contribution in [0.4, 0.5) is 10.8 Å². The topological polar surface area (TPSA) is 64.3 Å². The van der Waals surface area contributed by atoms with Gasteiger partial charge in [0, 0.05) is 31.5 Å². The van der Waals surface area contributed by atoms with Gasteiger partial charge in [-0.05, 0) is 31.4 Å². The smallest absolute Gasteiger partial charge is 0.147 e.